The molecule has 4 nitrogen and oxygen atoms in total. The molecule has 3 rings (SSSR count). The Morgan fingerprint density at radius 3 is 2.57 bits per heavy atom. The monoisotopic (exact) mass is 383 g/mol. The molecule has 0 spiro atoms. The van der Waals surface area contributed by atoms with Crippen molar-refractivity contribution in [2.45, 2.75) is 37.8 Å². The lowest BCUT2D eigenvalue weighted by atomic mass is 9.91. The molecule has 1 aliphatic carbocycles. The summed E-state index contributed by atoms with van der Waals surface area (Å²) in [7, 11) is 0. The van der Waals surface area contributed by atoms with Crippen molar-refractivity contribution in [2.24, 2.45) is 0 Å². The molecule has 1 saturated carbocycles. The molecule has 1 heterocycles. The van der Waals surface area contributed by atoms with Gasteiger partial charge in [0.05, 0.1) is 25.9 Å². The molecule has 1 saturated heterocycles. The van der Waals surface area contributed by atoms with Crippen LogP contribution in [-0.2, 0) is 9.47 Å². The summed E-state index contributed by atoms with van der Waals surface area (Å²) in [6, 6.07) is 8.49. The van der Waals surface area contributed by atoms with Crippen molar-refractivity contribution in [3.63, 3.8) is 0 Å². The molecule has 1 aliphatic heterocycles. The zero-order chi connectivity index (χ0) is 15.9. The van der Waals surface area contributed by atoms with Crippen LogP contribution in [0, 0.1) is 0 Å². The van der Waals surface area contributed by atoms with Crippen LogP contribution in [0.25, 0.3) is 0 Å². The van der Waals surface area contributed by atoms with E-state index < -0.39 is 0 Å². The zero-order valence-electron chi connectivity index (χ0n) is 13.6. The summed E-state index contributed by atoms with van der Waals surface area (Å²) in [5.74, 6) is 0.894. The van der Waals surface area contributed by atoms with Crippen LogP contribution in [0.5, 0.6) is 5.75 Å². The van der Waals surface area contributed by atoms with Crippen LogP contribution in [0.3, 0.4) is 0 Å². The minimum atomic E-state index is 0.343. The molecule has 1 aromatic carbocycles. The third-order valence-electron chi connectivity index (χ3n) is 4.68. The molecule has 2 aliphatic rings. The molecule has 128 valence electrons. The highest BCUT2D eigenvalue weighted by Crippen LogP contribution is 2.26. The van der Waals surface area contributed by atoms with Gasteiger partial charge in [-0.2, -0.15) is 0 Å². The molecular formula is C18H26BrNO3. The van der Waals surface area contributed by atoms with Gasteiger partial charge in [-0.3, -0.25) is 4.90 Å². The number of hydrogen-bond donors (Lipinski definition) is 0. The van der Waals surface area contributed by atoms with Crippen LogP contribution >= 0.6 is 15.9 Å². The molecule has 1 aromatic rings. The van der Waals surface area contributed by atoms with Crippen LogP contribution in [-0.4, -0.2) is 56.6 Å². The van der Waals surface area contributed by atoms with Gasteiger partial charge < -0.3 is 14.2 Å². The van der Waals surface area contributed by atoms with Gasteiger partial charge in [0, 0.05) is 23.6 Å². The fraction of sp³-hybridized carbons (Fsp3) is 0.667. The SMILES string of the molecule is Brc1ccc(OCCO[C@@H]2CCCC[C@H]2N2CCOCC2)cc1. The first-order valence-electron chi connectivity index (χ1n) is 8.65. The Bertz CT molecular complexity index is 462. The standard InChI is InChI=1S/C18H26BrNO3/c19-15-5-7-16(8-6-15)22-13-14-23-18-4-2-1-3-17(18)20-9-11-21-12-10-20/h5-8,17-18H,1-4,9-14H2/t17-,18-/m1/s1. The molecule has 0 radical (unpaired) electrons. The van der Waals surface area contributed by atoms with Crippen LogP contribution in [0.1, 0.15) is 25.7 Å². The Balaban J connectivity index is 1.42. The first kappa shape index (κ1) is 17.2. The van der Waals surface area contributed by atoms with Gasteiger partial charge >= 0.3 is 0 Å². The van der Waals surface area contributed by atoms with Gasteiger partial charge in [-0.25, -0.2) is 0 Å². The van der Waals surface area contributed by atoms with E-state index in [4.69, 9.17) is 14.2 Å². The minimum absolute atomic E-state index is 0.343. The Labute approximate surface area is 147 Å². The second-order valence-corrected chi connectivity index (χ2v) is 7.13. The zero-order valence-corrected chi connectivity index (χ0v) is 15.2. The average molecular weight is 384 g/mol. The van der Waals surface area contributed by atoms with Crippen LogP contribution in [0.2, 0.25) is 0 Å². The van der Waals surface area contributed by atoms with E-state index in [1.165, 1.54) is 25.7 Å². The molecule has 2 atom stereocenters. The van der Waals surface area contributed by atoms with Gasteiger partial charge in [-0.1, -0.05) is 28.8 Å². The number of rotatable bonds is 6. The highest BCUT2D eigenvalue weighted by Gasteiger charge is 2.31. The van der Waals surface area contributed by atoms with E-state index in [2.05, 4.69) is 20.8 Å². The maximum atomic E-state index is 6.18. The van der Waals surface area contributed by atoms with Crippen molar-refractivity contribution >= 4 is 15.9 Å². The fourth-order valence-corrected chi connectivity index (χ4v) is 3.75. The summed E-state index contributed by atoms with van der Waals surface area (Å²) in [5.41, 5.74) is 0. The van der Waals surface area contributed by atoms with E-state index >= 15 is 0 Å². The molecule has 0 bridgehead atoms. The first-order chi connectivity index (χ1) is 11.3. The first-order valence-corrected chi connectivity index (χ1v) is 9.44. The maximum Gasteiger partial charge on any atom is 0.119 e. The van der Waals surface area contributed by atoms with Crippen molar-refractivity contribution in [1.82, 2.24) is 4.90 Å². The molecule has 0 unspecified atom stereocenters. The van der Waals surface area contributed by atoms with Gasteiger partial charge in [0.15, 0.2) is 0 Å². The summed E-state index contributed by atoms with van der Waals surface area (Å²) < 4.78 is 18.5. The van der Waals surface area contributed by atoms with Gasteiger partial charge in [-0.15, -0.1) is 0 Å². The van der Waals surface area contributed by atoms with Crippen molar-refractivity contribution < 1.29 is 14.2 Å². The summed E-state index contributed by atoms with van der Waals surface area (Å²) in [6.45, 7) is 5.06. The number of halogens is 1. The van der Waals surface area contributed by atoms with E-state index in [9.17, 15) is 0 Å². The molecule has 5 heteroatoms. The lowest BCUT2D eigenvalue weighted by molar-refractivity contribution is -0.0698. The molecular weight excluding hydrogens is 358 g/mol. The lowest BCUT2D eigenvalue weighted by Gasteiger charge is -2.41. The topological polar surface area (TPSA) is 30.9 Å². The molecule has 0 amide bonds. The Kier molecular flexibility index (Phi) is 6.75. The highest BCUT2D eigenvalue weighted by molar-refractivity contribution is 9.10. The molecule has 0 aromatic heterocycles. The van der Waals surface area contributed by atoms with E-state index in [1.54, 1.807) is 0 Å². The Morgan fingerprint density at radius 2 is 1.78 bits per heavy atom. The van der Waals surface area contributed by atoms with Gasteiger partial charge in [-0.05, 0) is 37.1 Å². The van der Waals surface area contributed by atoms with Gasteiger partial charge in [0.1, 0.15) is 12.4 Å². The number of morpholine rings is 1. The van der Waals surface area contributed by atoms with Crippen molar-refractivity contribution in [3.8, 4) is 5.75 Å². The normalized spacial score (nSPS) is 26.1. The van der Waals surface area contributed by atoms with Crippen molar-refractivity contribution in [2.75, 3.05) is 39.5 Å². The van der Waals surface area contributed by atoms with Crippen LogP contribution in [0.15, 0.2) is 28.7 Å². The Hall–Kier alpha value is -0.620. The van der Waals surface area contributed by atoms with Crippen molar-refractivity contribution in [3.05, 3.63) is 28.7 Å². The summed E-state index contributed by atoms with van der Waals surface area (Å²) in [6.07, 6.45) is 5.35. The van der Waals surface area contributed by atoms with E-state index in [0.717, 1.165) is 36.5 Å². The van der Waals surface area contributed by atoms with E-state index in [1.807, 2.05) is 24.3 Å². The average Bonchev–Trinajstić information content (AvgIpc) is 2.61. The lowest BCUT2D eigenvalue weighted by Crippen LogP contribution is -2.51. The predicted molar refractivity (Wildman–Crippen MR) is 94.0 cm³/mol. The van der Waals surface area contributed by atoms with Gasteiger partial charge in [0.2, 0.25) is 0 Å². The second kappa shape index (κ2) is 9.02. The second-order valence-electron chi connectivity index (χ2n) is 6.21. The van der Waals surface area contributed by atoms with Gasteiger partial charge in [0.25, 0.3) is 0 Å². The number of nitrogens with zero attached hydrogens (tertiary/aromatic N) is 1. The van der Waals surface area contributed by atoms with E-state index in [0.29, 0.717) is 25.4 Å². The maximum absolute atomic E-state index is 6.18. The fourth-order valence-electron chi connectivity index (χ4n) is 3.49. The summed E-state index contributed by atoms with van der Waals surface area (Å²) in [5, 5.41) is 0. The number of ether oxygens (including phenoxy) is 3. The molecule has 0 N–H and O–H groups in total. The predicted octanol–water partition coefficient (Wildman–Crippen LogP) is 3.49. The summed E-state index contributed by atoms with van der Waals surface area (Å²) in [4.78, 5) is 2.56. The highest BCUT2D eigenvalue weighted by atomic mass is 79.9. The van der Waals surface area contributed by atoms with Crippen LogP contribution in [0.4, 0.5) is 0 Å². The third-order valence-corrected chi connectivity index (χ3v) is 5.21. The minimum Gasteiger partial charge on any atom is -0.491 e. The molecule has 23 heavy (non-hydrogen) atoms. The van der Waals surface area contributed by atoms with Crippen LogP contribution < -0.4 is 4.74 Å². The number of benzene rings is 1. The van der Waals surface area contributed by atoms with E-state index in [-0.39, 0.29) is 0 Å². The van der Waals surface area contributed by atoms with Crippen molar-refractivity contribution in [1.29, 1.82) is 0 Å². The smallest absolute Gasteiger partial charge is 0.119 e. The quantitative estimate of drug-likeness (QED) is 0.703. The summed E-state index contributed by atoms with van der Waals surface area (Å²) >= 11 is 3.43. The third kappa shape index (κ3) is 5.18. The molecule has 2 fully saturated rings. The largest absolute Gasteiger partial charge is 0.491 e. The Morgan fingerprint density at radius 1 is 1.04 bits per heavy atom. The number of hydrogen-bond acceptors (Lipinski definition) is 4.